The van der Waals surface area contributed by atoms with Crippen molar-refractivity contribution in [3.63, 3.8) is 0 Å². The second-order valence-electron chi connectivity index (χ2n) is 3.16. The molecule has 0 aliphatic carbocycles. The maximum atomic E-state index is 13.0. The average molecular weight is 358 g/mol. The summed E-state index contributed by atoms with van der Waals surface area (Å²) in [5.74, 6) is -4.90. The lowest BCUT2D eigenvalue weighted by Gasteiger charge is -2.25. The molecule has 0 aliphatic heterocycles. The molecule has 0 amide bonds. The molecule has 0 saturated heterocycles. The van der Waals surface area contributed by atoms with E-state index in [1.54, 1.807) is 0 Å². The molecule has 96 valence electrons. The molecule has 1 atom stereocenters. The largest absolute Gasteiger partial charge is 0.454 e. The van der Waals surface area contributed by atoms with Gasteiger partial charge in [0.25, 0.3) is 0 Å². The molecule has 1 aromatic rings. The maximum absolute atomic E-state index is 13.0. The molecule has 0 nitrogen and oxygen atoms in total. The third-order valence-electron chi connectivity index (χ3n) is 1.93. The summed E-state index contributed by atoms with van der Waals surface area (Å²) in [6.07, 6.45) is -5.65. The molecule has 0 saturated carbocycles. The van der Waals surface area contributed by atoms with Gasteiger partial charge in [-0.2, -0.15) is 22.0 Å². The van der Waals surface area contributed by atoms with Gasteiger partial charge < -0.3 is 0 Å². The Balaban J connectivity index is 3.12. The van der Waals surface area contributed by atoms with Gasteiger partial charge in [-0.15, -0.1) is 0 Å². The summed E-state index contributed by atoms with van der Waals surface area (Å²) >= 11 is 13.4. The minimum absolute atomic E-state index is 0.0745. The molecule has 0 fully saturated rings. The van der Waals surface area contributed by atoms with E-state index in [9.17, 15) is 22.0 Å². The van der Waals surface area contributed by atoms with Gasteiger partial charge in [0.05, 0.1) is 10.0 Å². The van der Waals surface area contributed by atoms with Crippen molar-refractivity contribution >= 4 is 39.1 Å². The van der Waals surface area contributed by atoms with Crippen molar-refractivity contribution in [2.45, 2.75) is 16.9 Å². The fraction of sp³-hybridized carbons (Fsp3) is 0.333. The molecule has 0 radical (unpaired) electrons. The summed E-state index contributed by atoms with van der Waals surface area (Å²) in [4.78, 5) is -2.22. The Hall–Kier alpha value is -0.0700. The molecular weight excluding hydrogens is 354 g/mol. The Morgan fingerprint density at radius 2 is 1.53 bits per heavy atom. The highest BCUT2D eigenvalue weighted by atomic mass is 79.9. The van der Waals surface area contributed by atoms with Gasteiger partial charge in [-0.3, -0.25) is 0 Å². The molecule has 0 spiro atoms. The predicted molar refractivity (Wildman–Crippen MR) is 59.1 cm³/mol. The van der Waals surface area contributed by atoms with Gasteiger partial charge in [0.15, 0.2) is 0 Å². The number of rotatable bonds is 2. The predicted octanol–water partition coefficient (Wildman–Crippen LogP) is 5.63. The lowest BCUT2D eigenvalue weighted by atomic mass is 10.1. The monoisotopic (exact) mass is 356 g/mol. The summed E-state index contributed by atoms with van der Waals surface area (Å²) in [6.45, 7) is 0. The Morgan fingerprint density at radius 1 is 1.00 bits per heavy atom. The van der Waals surface area contributed by atoms with Crippen molar-refractivity contribution < 1.29 is 22.0 Å². The van der Waals surface area contributed by atoms with Gasteiger partial charge in [0.1, 0.15) is 4.83 Å². The van der Waals surface area contributed by atoms with Crippen molar-refractivity contribution in [3.05, 3.63) is 33.8 Å². The summed E-state index contributed by atoms with van der Waals surface area (Å²) < 4.78 is 62.3. The van der Waals surface area contributed by atoms with Crippen LogP contribution in [0.15, 0.2) is 18.2 Å². The summed E-state index contributed by atoms with van der Waals surface area (Å²) in [6, 6.07) is 3.16. The fourth-order valence-electron chi connectivity index (χ4n) is 1.02. The number of halogens is 8. The van der Waals surface area contributed by atoms with E-state index in [0.717, 1.165) is 18.2 Å². The highest BCUT2D eigenvalue weighted by molar-refractivity contribution is 9.09. The number of hydrogen-bond donors (Lipinski definition) is 0. The van der Waals surface area contributed by atoms with E-state index in [1.807, 2.05) is 0 Å². The Bertz CT molecular complexity index is 418. The molecule has 17 heavy (non-hydrogen) atoms. The summed E-state index contributed by atoms with van der Waals surface area (Å²) in [5.41, 5.74) is -0.304. The normalized spacial score (nSPS) is 14.8. The molecule has 0 N–H and O–H groups in total. The smallest absolute Gasteiger partial charge is 0.195 e. The van der Waals surface area contributed by atoms with Gasteiger partial charge in [-0.1, -0.05) is 45.2 Å². The van der Waals surface area contributed by atoms with Crippen LogP contribution < -0.4 is 0 Å². The minimum Gasteiger partial charge on any atom is -0.195 e. The standard InChI is InChI=1S/C9H4BrCl2F5/c10-7(8(13,14)9(15,16)17)4-1-2-5(11)6(12)3-4/h1-3,7H. The Labute approximate surface area is 112 Å². The molecular formula is C9H4BrCl2F5. The van der Waals surface area contributed by atoms with Crippen LogP contribution in [0.3, 0.4) is 0 Å². The number of hydrogen-bond acceptors (Lipinski definition) is 0. The first-order chi connectivity index (χ1) is 7.57. The van der Waals surface area contributed by atoms with Crippen molar-refractivity contribution in [2.24, 2.45) is 0 Å². The van der Waals surface area contributed by atoms with Gasteiger partial charge in [0, 0.05) is 0 Å². The van der Waals surface area contributed by atoms with E-state index in [-0.39, 0.29) is 15.6 Å². The van der Waals surface area contributed by atoms with Gasteiger partial charge >= 0.3 is 12.1 Å². The molecule has 0 aliphatic rings. The van der Waals surface area contributed by atoms with Gasteiger partial charge in [0.2, 0.25) is 0 Å². The third kappa shape index (κ3) is 3.03. The Morgan fingerprint density at radius 3 is 1.94 bits per heavy atom. The Kier molecular flexibility index (Phi) is 4.32. The molecule has 1 rings (SSSR count). The van der Waals surface area contributed by atoms with Crippen LogP contribution in [-0.4, -0.2) is 12.1 Å². The van der Waals surface area contributed by atoms with Crippen LogP contribution in [0.25, 0.3) is 0 Å². The van der Waals surface area contributed by atoms with Crippen molar-refractivity contribution in [2.75, 3.05) is 0 Å². The lowest BCUT2D eigenvalue weighted by molar-refractivity contribution is -0.281. The lowest BCUT2D eigenvalue weighted by Crippen LogP contribution is -2.39. The first-order valence-electron chi connectivity index (χ1n) is 4.11. The van der Waals surface area contributed by atoms with E-state index < -0.39 is 16.9 Å². The fourth-order valence-corrected chi connectivity index (χ4v) is 1.87. The van der Waals surface area contributed by atoms with Crippen LogP contribution in [0.1, 0.15) is 10.4 Å². The van der Waals surface area contributed by atoms with E-state index in [2.05, 4.69) is 15.9 Å². The van der Waals surface area contributed by atoms with Crippen LogP contribution in [0, 0.1) is 0 Å². The molecule has 1 unspecified atom stereocenters. The van der Waals surface area contributed by atoms with Crippen LogP contribution in [0.2, 0.25) is 10.0 Å². The van der Waals surface area contributed by atoms with Crippen LogP contribution >= 0.6 is 39.1 Å². The summed E-state index contributed by atoms with van der Waals surface area (Å²) in [5, 5.41) is -0.0166. The van der Waals surface area contributed by atoms with E-state index in [0.29, 0.717) is 0 Å². The minimum atomic E-state index is -5.65. The van der Waals surface area contributed by atoms with Crippen LogP contribution in [-0.2, 0) is 0 Å². The van der Waals surface area contributed by atoms with Gasteiger partial charge in [-0.05, 0) is 17.7 Å². The van der Waals surface area contributed by atoms with Gasteiger partial charge in [-0.25, -0.2) is 0 Å². The SMILES string of the molecule is FC(F)(F)C(F)(F)C(Br)c1ccc(Cl)c(Cl)c1. The van der Waals surface area contributed by atoms with Crippen LogP contribution in [0.5, 0.6) is 0 Å². The zero-order valence-corrected chi connectivity index (χ0v) is 10.9. The first-order valence-corrected chi connectivity index (χ1v) is 5.78. The number of benzene rings is 1. The second kappa shape index (κ2) is 4.90. The maximum Gasteiger partial charge on any atom is 0.454 e. The highest BCUT2D eigenvalue weighted by Crippen LogP contribution is 2.49. The van der Waals surface area contributed by atoms with Crippen molar-refractivity contribution in [3.8, 4) is 0 Å². The number of alkyl halides is 6. The molecule has 0 heterocycles. The zero-order chi connectivity index (χ0) is 13.4. The summed E-state index contributed by atoms with van der Waals surface area (Å²) in [7, 11) is 0. The van der Waals surface area contributed by atoms with E-state index >= 15 is 0 Å². The van der Waals surface area contributed by atoms with E-state index in [4.69, 9.17) is 23.2 Å². The highest BCUT2D eigenvalue weighted by Gasteiger charge is 2.62. The molecule has 0 aromatic heterocycles. The van der Waals surface area contributed by atoms with E-state index in [1.165, 1.54) is 0 Å². The average Bonchev–Trinajstić information content (AvgIpc) is 2.19. The molecule has 8 heteroatoms. The quantitative estimate of drug-likeness (QED) is 0.475. The molecule has 0 bridgehead atoms. The first kappa shape index (κ1) is 15.0. The van der Waals surface area contributed by atoms with Crippen LogP contribution in [0.4, 0.5) is 22.0 Å². The third-order valence-corrected chi connectivity index (χ3v) is 3.78. The zero-order valence-electron chi connectivity index (χ0n) is 7.83. The molecule has 1 aromatic carbocycles. The topological polar surface area (TPSA) is 0 Å². The van der Waals surface area contributed by atoms with Crippen molar-refractivity contribution in [1.29, 1.82) is 0 Å². The van der Waals surface area contributed by atoms with Crippen molar-refractivity contribution in [1.82, 2.24) is 0 Å². The second-order valence-corrected chi connectivity index (χ2v) is 4.89.